The summed E-state index contributed by atoms with van der Waals surface area (Å²) in [4.78, 5) is 6.63. The van der Waals surface area contributed by atoms with Gasteiger partial charge in [0.25, 0.3) is 0 Å². The zero-order valence-electron chi connectivity index (χ0n) is 14.6. The van der Waals surface area contributed by atoms with E-state index in [4.69, 9.17) is 23.2 Å². The van der Waals surface area contributed by atoms with Gasteiger partial charge in [0.1, 0.15) is 17.0 Å². The van der Waals surface area contributed by atoms with Crippen molar-refractivity contribution in [2.24, 2.45) is 5.92 Å². The highest BCUT2D eigenvalue weighted by Gasteiger charge is 2.32. The number of pyridine rings is 1. The molecule has 0 N–H and O–H groups in total. The zero-order chi connectivity index (χ0) is 18.1. The average Bonchev–Trinajstić information content (AvgIpc) is 3.12. The maximum atomic E-state index is 9.19. The predicted molar refractivity (Wildman–Crippen MR) is 100 cm³/mol. The molecular weight excluding hydrogens is 357 g/mol. The Morgan fingerprint density at radius 1 is 1.36 bits per heavy atom. The molecule has 1 aliphatic rings. The van der Waals surface area contributed by atoms with Crippen LogP contribution in [0.2, 0.25) is 10.2 Å². The van der Waals surface area contributed by atoms with Crippen LogP contribution < -0.4 is 4.90 Å². The van der Waals surface area contributed by atoms with Gasteiger partial charge in [-0.2, -0.15) is 10.4 Å². The van der Waals surface area contributed by atoms with Crippen LogP contribution in [-0.4, -0.2) is 21.3 Å². The van der Waals surface area contributed by atoms with Crippen LogP contribution in [0.3, 0.4) is 0 Å². The van der Waals surface area contributed by atoms with Gasteiger partial charge in [-0.1, -0.05) is 37.0 Å². The lowest BCUT2D eigenvalue weighted by atomic mass is 10.1. The molecule has 0 amide bonds. The quantitative estimate of drug-likeness (QED) is 0.770. The number of nitriles is 1. The zero-order valence-corrected chi connectivity index (χ0v) is 16.1. The van der Waals surface area contributed by atoms with E-state index < -0.39 is 0 Å². The van der Waals surface area contributed by atoms with E-state index in [2.05, 4.69) is 28.8 Å². The third-order valence-electron chi connectivity index (χ3n) is 4.46. The first-order chi connectivity index (χ1) is 11.9. The minimum atomic E-state index is 0.119. The maximum absolute atomic E-state index is 9.19. The van der Waals surface area contributed by atoms with Crippen LogP contribution in [-0.2, 0) is 6.54 Å². The third kappa shape index (κ3) is 3.47. The molecule has 1 saturated heterocycles. The molecule has 25 heavy (non-hydrogen) atoms. The van der Waals surface area contributed by atoms with Crippen LogP contribution >= 0.6 is 23.2 Å². The lowest BCUT2D eigenvalue weighted by Gasteiger charge is -2.26. The van der Waals surface area contributed by atoms with Gasteiger partial charge in [-0.05, 0) is 37.8 Å². The van der Waals surface area contributed by atoms with Crippen LogP contribution in [0.25, 0.3) is 0 Å². The normalized spacial score (nSPS) is 17.3. The van der Waals surface area contributed by atoms with Crippen LogP contribution in [0.1, 0.15) is 49.7 Å². The maximum Gasteiger partial charge on any atom is 0.161 e. The molecule has 132 valence electrons. The van der Waals surface area contributed by atoms with Gasteiger partial charge in [0.15, 0.2) is 5.69 Å². The fourth-order valence-corrected chi connectivity index (χ4v) is 3.94. The van der Waals surface area contributed by atoms with Gasteiger partial charge in [0.05, 0.1) is 16.8 Å². The number of hydrogen-bond donors (Lipinski definition) is 0. The number of anilines is 1. The van der Waals surface area contributed by atoms with Crippen molar-refractivity contribution in [3.63, 3.8) is 0 Å². The Morgan fingerprint density at radius 3 is 2.80 bits per heavy atom. The Morgan fingerprint density at radius 2 is 2.12 bits per heavy atom. The molecule has 0 saturated carbocycles. The Labute approximate surface area is 158 Å². The van der Waals surface area contributed by atoms with Crippen molar-refractivity contribution in [1.29, 1.82) is 5.26 Å². The Balaban J connectivity index is 1.98. The van der Waals surface area contributed by atoms with E-state index in [0.29, 0.717) is 16.1 Å². The lowest BCUT2D eigenvalue weighted by molar-refractivity contribution is 0.481. The van der Waals surface area contributed by atoms with Gasteiger partial charge < -0.3 is 4.90 Å². The van der Waals surface area contributed by atoms with Gasteiger partial charge in [0.2, 0.25) is 0 Å². The molecular formula is C18H21Cl2N5. The smallest absolute Gasteiger partial charge is 0.161 e. The monoisotopic (exact) mass is 377 g/mol. The molecule has 3 rings (SSSR count). The average molecular weight is 378 g/mol. The van der Waals surface area contributed by atoms with E-state index in [9.17, 15) is 5.26 Å². The third-order valence-corrected chi connectivity index (χ3v) is 5.17. The first kappa shape index (κ1) is 18.0. The van der Waals surface area contributed by atoms with Crippen molar-refractivity contribution in [3.8, 4) is 6.07 Å². The van der Waals surface area contributed by atoms with Crippen molar-refractivity contribution in [2.75, 3.05) is 11.4 Å². The highest BCUT2D eigenvalue weighted by atomic mass is 35.5. The molecule has 0 bridgehead atoms. The summed E-state index contributed by atoms with van der Waals surface area (Å²) in [6.45, 7) is 7.97. The molecule has 3 heterocycles. The Bertz CT molecular complexity index is 822. The largest absolute Gasteiger partial charge is 0.349 e. The van der Waals surface area contributed by atoms with E-state index >= 15 is 0 Å². The molecule has 1 unspecified atom stereocenters. The molecule has 1 atom stereocenters. The van der Waals surface area contributed by atoms with Crippen LogP contribution in [0, 0.1) is 24.2 Å². The second kappa shape index (κ2) is 7.23. The van der Waals surface area contributed by atoms with E-state index in [1.54, 1.807) is 6.07 Å². The summed E-state index contributed by atoms with van der Waals surface area (Å²) in [5.74, 6) is 1.23. The molecule has 7 heteroatoms. The molecule has 0 spiro atoms. The van der Waals surface area contributed by atoms with Gasteiger partial charge in [-0.15, -0.1) is 0 Å². The van der Waals surface area contributed by atoms with E-state index in [1.807, 2.05) is 23.7 Å². The second-order valence-corrected chi connectivity index (χ2v) is 7.59. The lowest BCUT2D eigenvalue weighted by Crippen LogP contribution is -2.24. The number of aromatic nitrogens is 3. The summed E-state index contributed by atoms with van der Waals surface area (Å²) >= 11 is 12.7. The molecule has 0 aromatic carbocycles. The Kier molecular flexibility index (Phi) is 5.21. The standard InChI is InChI=1S/C18H21Cl2N5/c1-11(2)10-25-18(20)17(12(3)23-25)15-5-4-8-24(15)16-7-6-13(19)14(9-21)22-16/h6-7,11,15H,4-5,8,10H2,1-3H3. The number of aryl methyl sites for hydroxylation is 1. The summed E-state index contributed by atoms with van der Waals surface area (Å²) in [5.41, 5.74) is 2.27. The van der Waals surface area contributed by atoms with Crippen molar-refractivity contribution in [2.45, 2.75) is 46.2 Å². The van der Waals surface area contributed by atoms with Gasteiger partial charge in [-0.3, -0.25) is 4.68 Å². The van der Waals surface area contributed by atoms with Gasteiger partial charge in [0, 0.05) is 18.7 Å². The summed E-state index contributed by atoms with van der Waals surface area (Å²) in [7, 11) is 0. The highest BCUT2D eigenvalue weighted by Crippen LogP contribution is 2.40. The summed E-state index contributed by atoms with van der Waals surface area (Å²) in [6.07, 6.45) is 2.03. The molecule has 0 radical (unpaired) electrons. The molecule has 1 aliphatic heterocycles. The van der Waals surface area contributed by atoms with E-state index in [1.165, 1.54) is 0 Å². The molecule has 2 aromatic heterocycles. The van der Waals surface area contributed by atoms with Crippen molar-refractivity contribution < 1.29 is 0 Å². The van der Waals surface area contributed by atoms with Crippen LogP contribution in [0.15, 0.2) is 12.1 Å². The Hall–Kier alpha value is -1.77. The molecule has 2 aromatic rings. The number of hydrogen-bond acceptors (Lipinski definition) is 4. The number of halogens is 2. The van der Waals surface area contributed by atoms with Crippen molar-refractivity contribution in [3.05, 3.63) is 39.3 Å². The summed E-state index contributed by atoms with van der Waals surface area (Å²) in [5, 5.41) is 14.9. The van der Waals surface area contributed by atoms with Crippen LogP contribution in [0.4, 0.5) is 5.82 Å². The summed E-state index contributed by atoms with van der Waals surface area (Å²) < 4.78 is 1.89. The molecule has 0 aliphatic carbocycles. The minimum absolute atomic E-state index is 0.119. The second-order valence-electron chi connectivity index (χ2n) is 6.83. The number of nitrogens with zero attached hydrogens (tertiary/aromatic N) is 5. The topological polar surface area (TPSA) is 57.7 Å². The van der Waals surface area contributed by atoms with Gasteiger partial charge in [-0.25, -0.2) is 4.98 Å². The number of rotatable bonds is 4. The highest BCUT2D eigenvalue weighted by molar-refractivity contribution is 6.31. The fraction of sp³-hybridized carbons (Fsp3) is 0.500. The first-order valence-corrected chi connectivity index (χ1v) is 9.24. The van der Waals surface area contributed by atoms with Crippen molar-refractivity contribution in [1.82, 2.24) is 14.8 Å². The summed E-state index contributed by atoms with van der Waals surface area (Å²) in [6, 6.07) is 5.76. The first-order valence-electron chi connectivity index (χ1n) is 8.48. The molecule has 5 nitrogen and oxygen atoms in total. The minimum Gasteiger partial charge on any atom is -0.349 e. The van der Waals surface area contributed by atoms with Gasteiger partial charge >= 0.3 is 0 Å². The molecule has 1 fully saturated rings. The predicted octanol–water partition coefficient (Wildman–Crippen LogP) is 4.76. The van der Waals surface area contributed by atoms with Crippen LogP contribution in [0.5, 0.6) is 0 Å². The fourth-order valence-electron chi connectivity index (χ4n) is 3.42. The van der Waals surface area contributed by atoms with Crippen molar-refractivity contribution >= 4 is 29.0 Å². The van der Waals surface area contributed by atoms with E-state index in [-0.39, 0.29) is 11.7 Å². The SMILES string of the molecule is Cc1nn(CC(C)C)c(Cl)c1C1CCCN1c1ccc(Cl)c(C#N)n1. The van der Waals surface area contributed by atoms with E-state index in [0.717, 1.165) is 43.0 Å².